The Kier molecular flexibility index (Phi) is 37.9. The number of allylic oxidation sites excluding steroid dienone is 8. The molecule has 0 saturated heterocycles. The summed E-state index contributed by atoms with van der Waals surface area (Å²) in [5.74, 6) is 0. The van der Waals surface area contributed by atoms with Crippen LogP contribution in [0.2, 0.25) is 0 Å². The minimum Gasteiger partial charge on any atom is -1.00 e. The summed E-state index contributed by atoms with van der Waals surface area (Å²) in [6.45, 7) is 8.53. The third-order valence-corrected chi connectivity index (χ3v) is 8.43. The second-order valence-corrected chi connectivity index (χ2v) is 13.4. The van der Waals surface area contributed by atoms with Crippen molar-refractivity contribution in [1.82, 2.24) is 4.98 Å². The number of aromatic nitrogens is 3. The first kappa shape index (κ1) is 49.4. The molecule has 3 rings (SSSR count). The van der Waals surface area contributed by atoms with Gasteiger partial charge >= 0.3 is 0 Å². The van der Waals surface area contributed by atoms with Crippen LogP contribution in [0.1, 0.15) is 93.7 Å². The van der Waals surface area contributed by atoms with E-state index in [-0.39, 0.29) is 34.0 Å². The van der Waals surface area contributed by atoms with Gasteiger partial charge in [-0.2, -0.15) is 0 Å². The Morgan fingerprint density at radius 2 is 0.776 bits per heavy atom. The van der Waals surface area contributed by atoms with Gasteiger partial charge in [-0.05, 0) is 114 Å². The highest BCUT2D eigenvalue weighted by Gasteiger charge is 1.99. The number of aryl methyl sites for hydroxylation is 5. The van der Waals surface area contributed by atoms with Crippen molar-refractivity contribution >= 4 is 31.9 Å². The molecule has 0 fully saturated rings. The topological polar surface area (TPSA) is 20.6 Å². The molecule has 0 amide bonds. The van der Waals surface area contributed by atoms with Gasteiger partial charge in [0.25, 0.3) is 0 Å². The van der Waals surface area contributed by atoms with E-state index in [2.05, 4.69) is 157 Å². The molecule has 3 aromatic rings. The first-order valence-electron chi connectivity index (χ1n) is 17.6. The van der Waals surface area contributed by atoms with Crippen molar-refractivity contribution in [2.45, 2.75) is 111 Å². The molecular weight excluding hydrogens is 866 g/mol. The number of hydrogen-bond donors (Lipinski definition) is 0. The molecule has 0 saturated carbocycles. The zero-order valence-electron chi connectivity index (χ0n) is 30.2. The maximum Gasteiger partial charge on any atom is 0.169 e. The summed E-state index contributed by atoms with van der Waals surface area (Å²) in [4.78, 5) is 3.85. The van der Waals surface area contributed by atoms with Crippen molar-refractivity contribution < 1.29 is 43.1 Å². The lowest BCUT2D eigenvalue weighted by atomic mass is 10.2. The van der Waals surface area contributed by atoms with Crippen LogP contribution in [0.5, 0.6) is 0 Å². The van der Waals surface area contributed by atoms with E-state index in [0.29, 0.717) is 0 Å². The van der Waals surface area contributed by atoms with Crippen LogP contribution < -0.4 is 43.1 Å². The molecule has 49 heavy (non-hydrogen) atoms. The monoisotopic (exact) mass is 923 g/mol. The van der Waals surface area contributed by atoms with Crippen LogP contribution in [0.15, 0.2) is 122 Å². The fourth-order valence-corrected chi connectivity index (χ4v) is 5.11. The zero-order valence-corrected chi connectivity index (χ0v) is 36.6. The molecule has 7 heteroatoms. The van der Waals surface area contributed by atoms with Gasteiger partial charge in [-0.1, -0.05) is 80.5 Å². The average Bonchev–Trinajstić information content (AvgIpc) is 3.09. The summed E-state index contributed by atoms with van der Waals surface area (Å²) < 4.78 is 4.54. The third-order valence-electron chi connectivity index (χ3n) is 7.31. The Morgan fingerprint density at radius 1 is 0.469 bits per heavy atom. The highest BCUT2D eigenvalue weighted by Crippen LogP contribution is 2.02. The normalized spacial score (nSPS) is 10.8. The summed E-state index contributed by atoms with van der Waals surface area (Å²) in [5.41, 5.74) is 3.91. The van der Waals surface area contributed by atoms with Gasteiger partial charge < -0.3 is 34.0 Å². The molecule has 0 unspecified atom stereocenters. The maximum atomic E-state index is 3.85. The van der Waals surface area contributed by atoms with Gasteiger partial charge in [-0.15, -0.1) is 0 Å². The van der Waals surface area contributed by atoms with E-state index in [1.807, 2.05) is 19.1 Å². The van der Waals surface area contributed by atoms with Crippen LogP contribution in [0.4, 0.5) is 0 Å². The van der Waals surface area contributed by atoms with Crippen molar-refractivity contribution in [1.29, 1.82) is 0 Å². The molecule has 3 heterocycles. The minimum atomic E-state index is 0. The number of rotatable bonds is 20. The predicted molar refractivity (Wildman–Crippen MR) is 211 cm³/mol. The lowest BCUT2D eigenvalue weighted by Gasteiger charge is -1.97. The Bertz CT molecular complexity index is 1150. The van der Waals surface area contributed by atoms with E-state index in [0.717, 1.165) is 23.7 Å². The average molecular weight is 928 g/mol. The first-order valence-corrected chi connectivity index (χ1v) is 19.8. The van der Waals surface area contributed by atoms with Crippen LogP contribution in [0.3, 0.4) is 0 Å². The summed E-state index contributed by atoms with van der Waals surface area (Å²) in [6.07, 6.45) is 44.9. The second kappa shape index (κ2) is 37.6. The number of nitrogens with zero attached hydrogens (tertiary/aromatic N) is 3. The van der Waals surface area contributed by atoms with Gasteiger partial charge in [0.2, 0.25) is 0 Å². The summed E-state index contributed by atoms with van der Waals surface area (Å²) >= 11 is 6.85. The van der Waals surface area contributed by atoms with E-state index < -0.39 is 0 Å². The second-order valence-electron chi connectivity index (χ2n) is 11.8. The van der Waals surface area contributed by atoms with Crippen molar-refractivity contribution in [3.63, 3.8) is 0 Å². The zero-order chi connectivity index (χ0) is 34.0. The Labute approximate surface area is 337 Å². The van der Waals surface area contributed by atoms with E-state index in [1.165, 1.54) is 93.7 Å². The number of unbranched alkanes of at least 4 members (excludes halogenated alkanes) is 8. The van der Waals surface area contributed by atoms with Crippen LogP contribution in [0, 0.1) is 20.8 Å². The molecule has 0 aliphatic carbocycles. The van der Waals surface area contributed by atoms with Crippen molar-refractivity contribution in [2.75, 3.05) is 10.7 Å². The molecule has 0 atom stereocenters. The first-order chi connectivity index (χ1) is 23.0. The highest BCUT2D eigenvalue weighted by molar-refractivity contribution is 9.09. The van der Waals surface area contributed by atoms with E-state index in [1.54, 1.807) is 12.4 Å². The van der Waals surface area contributed by atoms with Crippen molar-refractivity contribution in [3.8, 4) is 0 Å². The molecule has 0 N–H and O–H groups in total. The van der Waals surface area contributed by atoms with E-state index in [9.17, 15) is 0 Å². The summed E-state index contributed by atoms with van der Waals surface area (Å²) in [6, 6.07) is 12.6. The van der Waals surface area contributed by atoms with Gasteiger partial charge in [-0.3, -0.25) is 4.98 Å². The molecular formula is C42H61Br4N3. The number of pyridine rings is 3. The van der Waals surface area contributed by atoms with Crippen LogP contribution >= 0.6 is 31.9 Å². The SMILES string of the molecule is BrCCCC/C=C\C=C/CCCCBr.Cc1cc[n+](CCCC/C=C\C=C/CCCC[n+]2ccc(C)cc2)cc1.Cc1ccncc1.[Br-].[Br-]. The van der Waals surface area contributed by atoms with Gasteiger partial charge in [-0.25, -0.2) is 9.13 Å². The van der Waals surface area contributed by atoms with E-state index in [4.69, 9.17) is 0 Å². The molecule has 3 nitrogen and oxygen atoms in total. The number of alkyl halides is 2. The molecule has 0 aliphatic rings. The number of hydrogen-bond acceptors (Lipinski definition) is 1. The molecule has 0 aromatic carbocycles. The van der Waals surface area contributed by atoms with Gasteiger partial charge in [0, 0.05) is 60.2 Å². The van der Waals surface area contributed by atoms with Gasteiger partial charge in [0.05, 0.1) is 0 Å². The van der Waals surface area contributed by atoms with E-state index >= 15 is 0 Å². The lowest BCUT2D eigenvalue weighted by molar-refractivity contribution is -0.697. The fraction of sp³-hybridized carbons (Fsp3) is 0.452. The highest BCUT2D eigenvalue weighted by atomic mass is 79.9. The van der Waals surface area contributed by atoms with Crippen molar-refractivity contribution in [2.24, 2.45) is 0 Å². The fourth-order valence-electron chi connectivity index (χ4n) is 4.31. The quantitative estimate of drug-likeness (QED) is 0.0622. The Hall–Kier alpha value is -1.67. The summed E-state index contributed by atoms with van der Waals surface area (Å²) in [7, 11) is 0. The standard InChI is InChI=1S/C24H34N2.C12H20Br2.C6H7N.2BrH/c1-23-13-19-25(20-14-23)17-11-9-7-5-3-4-6-8-10-12-18-26-21-15-24(2)16-22-26;13-11-9-7-5-3-1-2-4-6-8-10-12-14;1-6-2-4-7-5-3-6;;/h3-6,13-16,19-22H,7-12,17-18H2,1-2H3;1-4H,5-12H2;2-5H,1H3;2*1H/q+2;;;;/p-2/b5-3-,6-4-;3-1-,4-2-;;;. The predicted octanol–water partition coefficient (Wildman–Crippen LogP) is 5.66. The van der Waals surface area contributed by atoms with Gasteiger partial charge in [0.1, 0.15) is 13.1 Å². The molecule has 0 aliphatic heterocycles. The maximum absolute atomic E-state index is 3.85. The van der Waals surface area contributed by atoms with Gasteiger partial charge in [0.15, 0.2) is 24.8 Å². The van der Waals surface area contributed by atoms with Crippen LogP contribution in [-0.4, -0.2) is 15.6 Å². The van der Waals surface area contributed by atoms with Crippen LogP contribution in [0.25, 0.3) is 0 Å². The number of halogens is 4. The Morgan fingerprint density at radius 3 is 1.06 bits per heavy atom. The van der Waals surface area contributed by atoms with Crippen LogP contribution in [-0.2, 0) is 13.1 Å². The molecule has 0 radical (unpaired) electrons. The summed E-state index contributed by atoms with van der Waals surface area (Å²) in [5, 5.41) is 2.26. The molecule has 272 valence electrons. The molecule has 3 aromatic heterocycles. The van der Waals surface area contributed by atoms with Crippen molar-refractivity contribution in [3.05, 3.63) is 139 Å². The lowest BCUT2D eigenvalue weighted by Crippen LogP contribution is -3.00. The Balaban J connectivity index is 0. The molecule has 0 spiro atoms. The third kappa shape index (κ3) is 33.2. The largest absolute Gasteiger partial charge is 1.00 e. The molecule has 0 bridgehead atoms. The smallest absolute Gasteiger partial charge is 0.169 e. The minimum absolute atomic E-state index is 0.